The summed E-state index contributed by atoms with van der Waals surface area (Å²) in [7, 11) is -3.20. The van der Waals surface area contributed by atoms with Crippen LogP contribution in [0.1, 0.15) is 61.8 Å². The molecule has 2 aliphatic rings. The Hall–Kier alpha value is -0.880. The van der Waals surface area contributed by atoms with Crippen molar-refractivity contribution in [1.82, 2.24) is 9.62 Å². The van der Waals surface area contributed by atoms with Crippen LogP contribution in [0.3, 0.4) is 0 Å². The molecule has 0 aliphatic carbocycles. The largest absolute Gasteiger partial charge is 0.332 e. The zero-order valence-electron chi connectivity index (χ0n) is 16.4. The fraction of sp³-hybridized carbons (Fsp3) is 0.833. The number of sulfonamides is 1. The SMILES string of the molecule is CCS(=O)(=O)N[C@H]1CC2=C(C(C)(C)C)[C@H](C)N=C(C(C)(C)C)N2C1. The van der Waals surface area contributed by atoms with Crippen LogP contribution in [0.2, 0.25) is 0 Å². The first-order valence-corrected chi connectivity index (χ1v) is 10.5. The first-order valence-electron chi connectivity index (χ1n) is 8.85. The van der Waals surface area contributed by atoms with Crippen LogP contribution in [0, 0.1) is 10.8 Å². The predicted octanol–water partition coefficient (Wildman–Crippen LogP) is 3.15. The molecule has 2 rings (SSSR count). The highest BCUT2D eigenvalue weighted by atomic mass is 32.2. The van der Waals surface area contributed by atoms with Crippen molar-refractivity contribution in [3.05, 3.63) is 11.3 Å². The van der Waals surface area contributed by atoms with Crippen molar-refractivity contribution in [2.45, 2.75) is 73.9 Å². The first kappa shape index (κ1) is 19.4. The molecule has 0 radical (unpaired) electrons. The molecule has 0 aromatic rings. The Morgan fingerprint density at radius 3 is 2.21 bits per heavy atom. The molecular weight excluding hydrogens is 322 g/mol. The highest BCUT2D eigenvalue weighted by Crippen LogP contribution is 2.42. The summed E-state index contributed by atoms with van der Waals surface area (Å²) in [6.45, 7) is 17.6. The Morgan fingerprint density at radius 2 is 1.75 bits per heavy atom. The first-order chi connectivity index (χ1) is 10.8. The molecule has 2 aliphatic heterocycles. The van der Waals surface area contributed by atoms with E-state index in [4.69, 9.17) is 4.99 Å². The van der Waals surface area contributed by atoms with E-state index in [9.17, 15) is 8.42 Å². The third-order valence-corrected chi connectivity index (χ3v) is 6.13. The molecular formula is C18H33N3O2S. The molecule has 0 aromatic carbocycles. The van der Waals surface area contributed by atoms with E-state index in [0.29, 0.717) is 6.54 Å². The van der Waals surface area contributed by atoms with Gasteiger partial charge >= 0.3 is 0 Å². The minimum atomic E-state index is -3.20. The van der Waals surface area contributed by atoms with Gasteiger partial charge in [0.05, 0.1) is 11.8 Å². The number of rotatable bonds is 3. The molecule has 0 aromatic heterocycles. The molecule has 6 heteroatoms. The van der Waals surface area contributed by atoms with E-state index in [2.05, 4.69) is 58.1 Å². The number of nitrogens with zero attached hydrogens (tertiary/aromatic N) is 2. The third kappa shape index (κ3) is 3.85. The predicted molar refractivity (Wildman–Crippen MR) is 101 cm³/mol. The average Bonchev–Trinajstić information content (AvgIpc) is 2.76. The van der Waals surface area contributed by atoms with Crippen molar-refractivity contribution in [3.8, 4) is 0 Å². The molecule has 0 saturated carbocycles. The maximum Gasteiger partial charge on any atom is 0.211 e. The second-order valence-electron chi connectivity index (χ2n) is 9.02. The zero-order chi connectivity index (χ0) is 18.5. The summed E-state index contributed by atoms with van der Waals surface area (Å²) < 4.78 is 26.9. The van der Waals surface area contributed by atoms with Gasteiger partial charge in [-0.25, -0.2) is 13.1 Å². The summed E-state index contributed by atoms with van der Waals surface area (Å²) in [5.41, 5.74) is 2.53. The quantitative estimate of drug-likeness (QED) is 0.846. The summed E-state index contributed by atoms with van der Waals surface area (Å²) in [5, 5.41) is 0. The van der Waals surface area contributed by atoms with Crippen molar-refractivity contribution < 1.29 is 8.42 Å². The van der Waals surface area contributed by atoms with Gasteiger partial charge in [-0.3, -0.25) is 4.99 Å². The molecule has 1 N–H and O–H groups in total. The lowest BCUT2D eigenvalue weighted by molar-refractivity contribution is 0.393. The van der Waals surface area contributed by atoms with E-state index in [1.165, 1.54) is 11.3 Å². The Bertz CT molecular complexity index is 663. The van der Waals surface area contributed by atoms with Gasteiger partial charge in [-0.05, 0) is 24.8 Å². The lowest BCUT2D eigenvalue weighted by Crippen LogP contribution is -2.45. The van der Waals surface area contributed by atoms with Gasteiger partial charge in [-0.2, -0.15) is 0 Å². The van der Waals surface area contributed by atoms with Gasteiger partial charge in [0.2, 0.25) is 10.0 Å². The average molecular weight is 356 g/mol. The molecule has 1 saturated heterocycles. The van der Waals surface area contributed by atoms with Crippen molar-refractivity contribution in [3.63, 3.8) is 0 Å². The van der Waals surface area contributed by atoms with Crippen LogP contribution in [0.15, 0.2) is 16.3 Å². The number of aliphatic imine (C=N–C) groups is 1. The number of hydrogen-bond acceptors (Lipinski definition) is 4. The van der Waals surface area contributed by atoms with Crippen LogP contribution < -0.4 is 4.72 Å². The Balaban J connectivity index is 2.46. The van der Waals surface area contributed by atoms with Gasteiger partial charge < -0.3 is 4.90 Å². The molecule has 0 spiro atoms. The fourth-order valence-electron chi connectivity index (χ4n) is 3.84. The highest BCUT2D eigenvalue weighted by Gasteiger charge is 2.43. The molecule has 0 unspecified atom stereocenters. The van der Waals surface area contributed by atoms with Gasteiger partial charge in [-0.1, -0.05) is 41.5 Å². The Morgan fingerprint density at radius 1 is 1.17 bits per heavy atom. The highest BCUT2D eigenvalue weighted by molar-refractivity contribution is 7.89. The van der Waals surface area contributed by atoms with Crippen LogP contribution in [0.25, 0.3) is 0 Å². The number of nitrogens with one attached hydrogen (secondary N) is 1. The minimum absolute atomic E-state index is 0.0123. The van der Waals surface area contributed by atoms with Gasteiger partial charge in [0.15, 0.2) is 0 Å². The third-order valence-electron chi connectivity index (χ3n) is 4.67. The summed E-state index contributed by atoms with van der Waals surface area (Å²) in [6.07, 6.45) is 0.741. The van der Waals surface area contributed by atoms with Crippen molar-refractivity contribution in [2.75, 3.05) is 12.3 Å². The molecule has 0 amide bonds. The molecule has 2 atom stereocenters. The van der Waals surface area contributed by atoms with Crippen LogP contribution in [-0.2, 0) is 10.0 Å². The lowest BCUT2D eigenvalue weighted by atomic mass is 9.79. The topological polar surface area (TPSA) is 61.8 Å². The summed E-state index contributed by atoms with van der Waals surface area (Å²) in [6, 6.07) is 0.0483. The Kier molecular flexibility index (Phi) is 4.97. The molecule has 24 heavy (non-hydrogen) atoms. The standard InChI is InChI=1S/C18H33N3O2S/c1-9-24(22,23)20-13-10-14-15(17(3,4)5)12(2)19-16(18(6,7)8)21(14)11-13/h12-13,20H,9-11H2,1-8H3/t12-,13-/m0/s1. The van der Waals surface area contributed by atoms with Crippen LogP contribution >= 0.6 is 0 Å². The van der Waals surface area contributed by atoms with E-state index in [1.807, 2.05) is 0 Å². The van der Waals surface area contributed by atoms with Crippen LogP contribution in [0.4, 0.5) is 0 Å². The Labute approximate surface area is 147 Å². The summed E-state index contributed by atoms with van der Waals surface area (Å²) >= 11 is 0. The van der Waals surface area contributed by atoms with Crippen molar-refractivity contribution >= 4 is 15.9 Å². The lowest BCUT2D eigenvalue weighted by Gasteiger charge is -2.41. The van der Waals surface area contributed by atoms with Gasteiger partial charge in [-0.15, -0.1) is 0 Å². The minimum Gasteiger partial charge on any atom is -0.332 e. The van der Waals surface area contributed by atoms with Crippen molar-refractivity contribution in [1.29, 1.82) is 0 Å². The molecule has 0 bridgehead atoms. The van der Waals surface area contributed by atoms with Crippen LogP contribution in [-0.4, -0.2) is 43.5 Å². The van der Waals surface area contributed by atoms with Gasteiger partial charge in [0.1, 0.15) is 5.84 Å². The molecule has 2 heterocycles. The smallest absolute Gasteiger partial charge is 0.211 e. The normalized spacial score (nSPS) is 25.8. The zero-order valence-corrected chi connectivity index (χ0v) is 17.2. The number of amidine groups is 1. The van der Waals surface area contributed by atoms with E-state index in [-0.39, 0.29) is 28.7 Å². The molecule has 138 valence electrons. The monoisotopic (exact) mass is 355 g/mol. The van der Waals surface area contributed by atoms with Crippen molar-refractivity contribution in [2.24, 2.45) is 15.8 Å². The van der Waals surface area contributed by atoms with Gasteiger partial charge in [0.25, 0.3) is 0 Å². The second kappa shape index (κ2) is 6.13. The summed E-state index contributed by atoms with van der Waals surface area (Å²) in [4.78, 5) is 7.27. The number of fused-ring (bicyclic) bond motifs is 1. The fourth-order valence-corrected chi connectivity index (χ4v) is 4.67. The maximum absolute atomic E-state index is 12.0. The van der Waals surface area contributed by atoms with Gasteiger partial charge in [0, 0.05) is 30.1 Å². The number of hydrogen-bond donors (Lipinski definition) is 1. The second-order valence-corrected chi connectivity index (χ2v) is 11.1. The van der Waals surface area contributed by atoms with Crippen LogP contribution in [0.5, 0.6) is 0 Å². The summed E-state index contributed by atoms with van der Waals surface area (Å²) in [5.74, 6) is 1.18. The molecule has 1 fully saturated rings. The van der Waals surface area contributed by atoms with E-state index in [0.717, 1.165) is 12.3 Å². The van der Waals surface area contributed by atoms with E-state index < -0.39 is 10.0 Å². The van der Waals surface area contributed by atoms with E-state index >= 15 is 0 Å². The van der Waals surface area contributed by atoms with E-state index in [1.54, 1.807) is 6.92 Å². The molecule has 5 nitrogen and oxygen atoms in total. The maximum atomic E-state index is 12.0.